The topological polar surface area (TPSA) is 21.6 Å². The van der Waals surface area contributed by atoms with E-state index in [1.165, 1.54) is 0 Å². The fraction of sp³-hybridized carbons (Fsp3) is 0.667. The molecule has 0 radical (unpaired) electrons. The number of rotatable bonds is 4. The average Bonchev–Trinajstić information content (AvgIpc) is 1.98. The highest BCUT2D eigenvalue weighted by Crippen LogP contribution is 2.13. The van der Waals surface area contributed by atoms with E-state index in [9.17, 15) is 0 Å². The minimum absolute atomic E-state index is 0.387. The molecule has 2 nitrogen and oxygen atoms in total. The molecule has 0 unspecified atom stereocenters. The Kier molecular flexibility index (Phi) is 4.59. The van der Waals surface area contributed by atoms with Gasteiger partial charge in [0.2, 0.25) is 0 Å². The molecule has 0 bridgehead atoms. The molecule has 0 N–H and O–H groups in total. The Morgan fingerprint density at radius 2 is 2.09 bits per heavy atom. The average molecular weight is 155 g/mol. The Morgan fingerprint density at radius 1 is 1.55 bits per heavy atom. The molecule has 0 amide bonds. The van der Waals surface area contributed by atoms with Crippen molar-refractivity contribution in [3.63, 3.8) is 0 Å². The molecule has 0 aromatic rings. The third-order valence-corrected chi connectivity index (χ3v) is 1.51. The highest BCUT2D eigenvalue weighted by Gasteiger charge is 2.04. The van der Waals surface area contributed by atoms with E-state index in [2.05, 4.69) is 25.6 Å². The molecule has 0 aromatic carbocycles. The van der Waals surface area contributed by atoms with Gasteiger partial charge in [-0.15, -0.1) is 0 Å². The Bertz CT molecular complexity index is 157. The third kappa shape index (κ3) is 4.59. The minimum atomic E-state index is 0.387. The van der Waals surface area contributed by atoms with Crippen LogP contribution in [0.2, 0.25) is 0 Å². The van der Waals surface area contributed by atoms with Gasteiger partial charge < -0.3 is 4.84 Å². The molecule has 0 aliphatic heterocycles. The second kappa shape index (κ2) is 4.94. The van der Waals surface area contributed by atoms with Crippen LogP contribution >= 0.6 is 0 Å². The van der Waals surface area contributed by atoms with E-state index in [0.717, 1.165) is 17.9 Å². The molecular formula is C9H17NO. The smallest absolute Gasteiger partial charge is 0.130 e. The van der Waals surface area contributed by atoms with Crippen LogP contribution in [-0.4, -0.2) is 5.71 Å². The van der Waals surface area contributed by atoms with E-state index in [1.54, 1.807) is 0 Å². The van der Waals surface area contributed by atoms with E-state index in [4.69, 9.17) is 4.84 Å². The first-order chi connectivity index (χ1) is 5.07. The molecule has 2 heteroatoms. The number of nitrogens with zero attached hydrogens (tertiary/aromatic N) is 1. The highest BCUT2D eigenvalue weighted by atomic mass is 16.6. The molecule has 0 saturated carbocycles. The fourth-order valence-corrected chi connectivity index (χ4v) is 0.468. The standard InChI is InChI=1S/C9H17NO/c1-6-8(4)9(5)11-10-7(2)3/h8H,5-6H2,1-4H3/t8-/m0/s1. The molecule has 0 aliphatic rings. The Labute approximate surface area is 68.9 Å². The van der Waals surface area contributed by atoms with Crippen molar-refractivity contribution in [1.29, 1.82) is 0 Å². The zero-order chi connectivity index (χ0) is 8.85. The molecule has 1 atom stereocenters. The van der Waals surface area contributed by atoms with Crippen molar-refractivity contribution >= 4 is 5.71 Å². The molecule has 0 fully saturated rings. The first-order valence-corrected chi connectivity index (χ1v) is 3.95. The van der Waals surface area contributed by atoms with Crippen LogP contribution < -0.4 is 0 Å². The molecule has 0 rings (SSSR count). The first kappa shape index (κ1) is 10.2. The molecule has 64 valence electrons. The molecule has 0 spiro atoms. The SMILES string of the molecule is C=C(ON=C(C)C)[C@@H](C)CC. The van der Waals surface area contributed by atoms with Crippen LogP contribution in [0.15, 0.2) is 17.5 Å². The largest absolute Gasteiger partial charge is 0.362 e. The van der Waals surface area contributed by atoms with Crippen LogP contribution in [0.25, 0.3) is 0 Å². The van der Waals surface area contributed by atoms with E-state index in [0.29, 0.717) is 5.92 Å². The van der Waals surface area contributed by atoms with Crippen molar-refractivity contribution in [2.75, 3.05) is 0 Å². The number of allylic oxidation sites excluding steroid dienone is 1. The summed E-state index contributed by atoms with van der Waals surface area (Å²) in [7, 11) is 0. The maximum atomic E-state index is 5.05. The summed E-state index contributed by atoms with van der Waals surface area (Å²) in [5.74, 6) is 1.13. The maximum Gasteiger partial charge on any atom is 0.130 e. The maximum absolute atomic E-state index is 5.05. The number of hydrogen-bond donors (Lipinski definition) is 0. The zero-order valence-corrected chi connectivity index (χ0v) is 7.85. The van der Waals surface area contributed by atoms with Crippen molar-refractivity contribution in [3.05, 3.63) is 12.3 Å². The fourth-order valence-electron chi connectivity index (χ4n) is 0.468. The molecule has 0 aromatic heterocycles. The molecule has 0 saturated heterocycles. The second-order valence-corrected chi connectivity index (χ2v) is 2.91. The van der Waals surface area contributed by atoms with Gasteiger partial charge in [-0.3, -0.25) is 0 Å². The van der Waals surface area contributed by atoms with Crippen LogP contribution in [-0.2, 0) is 4.84 Å². The van der Waals surface area contributed by atoms with Gasteiger partial charge >= 0.3 is 0 Å². The van der Waals surface area contributed by atoms with Gasteiger partial charge in [0.15, 0.2) is 0 Å². The normalized spacial score (nSPS) is 12.0. The predicted molar refractivity (Wildman–Crippen MR) is 48.5 cm³/mol. The summed E-state index contributed by atoms with van der Waals surface area (Å²) in [5, 5.41) is 3.81. The summed E-state index contributed by atoms with van der Waals surface area (Å²) in [5.41, 5.74) is 0.912. The van der Waals surface area contributed by atoms with Crippen molar-refractivity contribution in [2.45, 2.75) is 34.1 Å². The van der Waals surface area contributed by atoms with Crippen LogP contribution in [0.3, 0.4) is 0 Å². The Hall–Kier alpha value is -0.790. The van der Waals surface area contributed by atoms with E-state index < -0.39 is 0 Å². The van der Waals surface area contributed by atoms with Gasteiger partial charge in [-0.1, -0.05) is 25.6 Å². The predicted octanol–water partition coefficient (Wildman–Crippen LogP) is 2.96. The van der Waals surface area contributed by atoms with Gasteiger partial charge in [0.25, 0.3) is 0 Å². The molecule has 0 heterocycles. The summed E-state index contributed by atoms with van der Waals surface area (Å²) in [6, 6.07) is 0. The molecule has 0 aliphatic carbocycles. The second-order valence-electron chi connectivity index (χ2n) is 2.91. The lowest BCUT2D eigenvalue weighted by Crippen LogP contribution is -1.98. The summed E-state index contributed by atoms with van der Waals surface area (Å²) in [6.07, 6.45) is 1.04. The van der Waals surface area contributed by atoms with E-state index >= 15 is 0 Å². The van der Waals surface area contributed by atoms with Gasteiger partial charge in [0, 0.05) is 5.92 Å². The van der Waals surface area contributed by atoms with Crippen LogP contribution in [0, 0.1) is 5.92 Å². The van der Waals surface area contributed by atoms with Gasteiger partial charge in [0.1, 0.15) is 5.76 Å². The number of oxime groups is 1. The Balaban J connectivity index is 3.79. The van der Waals surface area contributed by atoms with Crippen LogP contribution in [0.1, 0.15) is 34.1 Å². The van der Waals surface area contributed by atoms with Crippen LogP contribution in [0.5, 0.6) is 0 Å². The van der Waals surface area contributed by atoms with E-state index in [1.807, 2.05) is 13.8 Å². The number of hydrogen-bond acceptors (Lipinski definition) is 2. The summed E-state index contributed by atoms with van der Waals surface area (Å²) in [6.45, 7) is 11.7. The summed E-state index contributed by atoms with van der Waals surface area (Å²) < 4.78 is 0. The highest BCUT2D eigenvalue weighted by molar-refractivity contribution is 5.78. The van der Waals surface area contributed by atoms with Gasteiger partial charge in [-0.25, -0.2) is 0 Å². The third-order valence-electron chi connectivity index (χ3n) is 1.51. The quantitative estimate of drug-likeness (QED) is 0.347. The van der Waals surface area contributed by atoms with Crippen molar-refractivity contribution < 1.29 is 4.84 Å². The first-order valence-electron chi connectivity index (χ1n) is 3.95. The van der Waals surface area contributed by atoms with Gasteiger partial charge in [-0.05, 0) is 20.3 Å². The summed E-state index contributed by atoms with van der Waals surface area (Å²) in [4.78, 5) is 5.05. The lowest BCUT2D eigenvalue weighted by molar-refractivity contribution is 0.193. The monoisotopic (exact) mass is 155 g/mol. The van der Waals surface area contributed by atoms with Crippen molar-refractivity contribution in [3.8, 4) is 0 Å². The van der Waals surface area contributed by atoms with Gasteiger partial charge in [-0.2, -0.15) is 0 Å². The zero-order valence-electron chi connectivity index (χ0n) is 7.85. The summed E-state index contributed by atoms with van der Waals surface area (Å²) >= 11 is 0. The van der Waals surface area contributed by atoms with E-state index in [-0.39, 0.29) is 0 Å². The molecule has 11 heavy (non-hydrogen) atoms. The molecular weight excluding hydrogens is 138 g/mol. The lowest BCUT2D eigenvalue weighted by atomic mass is 10.1. The lowest BCUT2D eigenvalue weighted by Gasteiger charge is -2.08. The Morgan fingerprint density at radius 3 is 2.45 bits per heavy atom. The van der Waals surface area contributed by atoms with Crippen molar-refractivity contribution in [1.82, 2.24) is 0 Å². The minimum Gasteiger partial charge on any atom is -0.362 e. The van der Waals surface area contributed by atoms with Crippen molar-refractivity contribution in [2.24, 2.45) is 11.1 Å². The van der Waals surface area contributed by atoms with Crippen LogP contribution in [0.4, 0.5) is 0 Å². The van der Waals surface area contributed by atoms with Gasteiger partial charge in [0.05, 0.1) is 5.71 Å².